The minimum atomic E-state index is 0.295. The van der Waals surface area contributed by atoms with Gasteiger partial charge in [0, 0.05) is 40.9 Å². The van der Waals surface area contributed by atoms with E-state index in [1.165, 1.54) is 41.0 Å². The van der Waals surface area contributed by atoms with Gasteiger partial charge in [-0.2, -0.15) is 0 Å². The van der Waals surface area contributed by atoms with Gasteiger partial charge in [0.05, 0.1) is 17.5 Å². The summed E-state index contributed by atoms with van der Waals surface area (Å²) in [7, 11) is 0. The second-order valence-corrected chi connectivity index (χ2v) is 8.48. The Labute approximate surface area is 159 Å². The Morgan fingerprint density at radius 2 is 2.23 bits per heavy atom. The fourth-order valence-corrected chi connectivity index (χ4v) is 4.60. The summed E-state index contributed by atoms with van der Waals surface area (Å²) in [6.45, 7) is 3.75. The fourth-order valence-electron chi connectivity index (χ4n) is 3.44. The van der Waals surface area contributed by atoms with Crippen LogP contribution in [0.1, 0.15) is 54.2 Å². The van der Waals surface area contributed by atoms with Crippen LogP contribution in [0, 0.1) is 6.92 Å². The van der Waals surface area contributed by atoms with Crippen molar-refractivity contribution in [1.29, 1.82) is 0 Å². The monoisotopic (exact) mass is 369 g/mol. The lowest BCUT2D eigenvalue weighted by atomic mass is 10.1. The molecule has 1 saturated carbocycles. The third-order valence-corrected chi connectivity index (χ3v) is 6.42. The smallest absolute Gasteiger partial charge is 0.0903 e. The van der Waals surface area contributed by atoms with Gasteiger partial charge in [0.25, 0.3) is 0 Å². The summed E-state index contributed by atoms with van der Waals surface area (Å²) in [5.74, 6) is 0.805. The summed E-state index contributed by atoms with van der Waals surface area (Å²) in [4.78, 5) is 7.44. The number of hydrogen-bond donors (Lipinski definition) is 2. The third-order valence-electron chi connectivity index (χ3n) is 5.12. The zero-order chi connectivity index (χ0) is 17.9. The summed E-state index contributed by atoms with van der Waals surface area (Å²) in [5.41, 5.74) is 10.1. The highest BCUT2D eigenvalue weighted by Gasteiger charge is 2.25. The third kappa shape index (κ3) is 4.10. The molecule has 1 saturated heterocycles. The van der Waals surface area contributed by atoms with E-state index in [1.807, 2.05) is 23.7 Å². The van der Waals surface area contributed by atoms with E-state index in [0.29, 0.717) is 11.8 Å². The van der Waals surface area contributed by atoms with Gasteiger partial charge in [0.1, 0.15) is 0 Å². The van der Waals surface area contributed by atoms with E-state index in [-0.39, 0.29) is 0 Å². The van der Waals surface area contributed by atoms with Crippen LogP contribution in [0.25, 0.3) is 16.1 Å². The van der Waals surface area contributed by atoms with Crippen molar-refractivity contribution in [1.82, 2.24) is 10.3 Å². The van der Waals surface area contributed by atoms with Crippen LogP contribution in [-0.4, -0.2) is 24.2 Å². The number of rotatable bonds is 6. The van der Waals surface area contributed by atoms with Crippen LogP contribution in [0.15, 0.2) is 30.6 Å². The van der Waals surface area contributed by atoms with Crippen LogP contribution < -0.4 is 11.1 Å². The van der Waals surface area contributed by atoms with E-state index in [0.717, 1.165) is 36.7 Å². The average molecular weight is 370 g/mol. The van der Waals surface area contributed by atoms with Gasteiger partial charge >= 0.3 is 0 Å². The molecule has 1 aliphatic carbocycles. The number of nitrogens with zero attached hydrogens (tertiary/aromatic N) is 1. The fraction of sp³-hybridized carbons (Fsp3) is 0.476. The molecule has 138 valence electrons. The van der Waals surface area contributed by atoms with Crippen molar-refractivity contribution in [2.75, 3.05) is 13.2 Å². The highest BCUT2D eigenvalue weighted by atomic mass is 32.1. The maximum absolute atomic E-state index is 6.25. The lowest BCUT2D eigenvalue weighted by Gasteiger charge is -2.22. The maximum atomic E-state index is 6.25. The topological polar surface area (TPSA) is 60.2 Å². The Morgan fingerprint density at radius 1 is 1.35 bits per heavy atom. The lowest BCUT2D eigenvalue weighted by molar-refractivity contribution is 0.0188. The molecule has 4 rings (SSSR count). The molecule has 2 aromatic heterocycles. The van der Waals surface area contributed by atoms with Crippen molar-refractivity contribution in [2.45, 2.75) is 51.0 Å². The van der Waals surface area contributed by atoms with Crippen LogP contribution in [-0.2, 0) is 4.74 Å². The van der Waals surface area contributed by atoms with Crippen LogP contribution in [0.4, 0.5) is 0 Å². The van der Waals surface area contributed by atoms with E-state index >= 15 is 0 Å². The zero-order valence-electron chi connectivity index (χ0n) is 15.3. The Balaban J connectivity index is 1.41. The molecular weight excluding hydrogens is 342 g/mol. The van der Waals surface area contributed by atoms with Crippen LogP contribution >= 0.6 is 11.3 Å². The maximum Gasteiger partial charge on any atom is 0.0903 e. The van der Waals surface area contributed by atoms with Gasteiger partial charge in [-0.25, -0.2) is 0 Å². The predicted molar refractivity (Wildman–Crippen MR) is 108 cm³/mol. The van der Waals surface area contributed by atoms with Crippen LogP contribution in [0.5, 0.6) is 0 Å². The Bertz CT molecular complexity index is 788. The minimum absolute atomic E-state index is 0.295. The molecule has 2 fully saturated rings. The molecule has 2 aliphatic rings. The molecule has 2 aromatic rings. The first kappa shape index (κ1) is 17.6. The lowest BCUT2D eigenvalue weighted by Crippen LogP contribution is -2.29. The van der Waals surface area contributed by atoms with Gasteiger partial charge in [-0.05, 0) is 68.7 Å². The molecular formula is C21H27N3OS. The van der Waals surface area contributed by atoms with Crippen LogP contribution in [0.2, 0.25) is 0 Å². The number of aromatic nitrogens is 1. The number of hydrogen-bond acceptors (Lipinski definition) is 5. The first-order valence-corrected chi connectivity index (χ1v) is 10.4. The molecule has 1 unspecified atom stereocenters. The highest BCUT2D eigenvalue weighted by Crippen LogP contribution is 2.45. The van der Waals surface area contributed by atoms with Crippen LogP contribution in [0.3, 0.4) is 0 Å². The molecule has 3 N–H and O–H groups in total. The van der Waals surface area contributed by atoms with E-state index in [1.54, 1.807) is 0 Å². The SMILES string of the molecule is Cc1cc(-c2ccc(C3CC3)s2)cnc1/C(N)=C/NCC1CCCCO1. The van der Waals surface area contributed by atoms with Crippen molar-refractivity contribution < 1.29 is 4.74 Å². The normalized spacial score (nSPS) is 21.0. The van der Waals surface area contributed by atoms with E-state index < -0.39 is 0 Å². The number of ether oxygens (including phenoxy) is 1. The zero-order valence-corrected chi connectivity index (χ0v) is 16.1. The number of nitrogens with two attached hydrogens (primary N) is 1. The average Bonchev–Trinajstić information content (AvgIpc) is 3.39. The second kappa shape index (κ2) is 7.80. The van der Waals surface area contributed by atoms with Gasteiger partial charge < -0.3 is 15.8 Å². The summed E-state index contributed by atoms with van der Waals surface area (Å²) >= 11 is 1.90. The van der Waals surface area contributed by atoms with E-state index in [4.69, 9.17) is 10.5 Å². The molecule has 0 spiro atoms. The van der Waals surface area contributed by atoms with Crippen molar-refractivity contribution in [3.05, 3.63) is 46.7 Å². The van der Waals surface area contributed by atoms with Gasteiger partial charge in [-0.15, -0.1) is 11.3 Å². The molecule has 0 radical (unpaired) electrons. The van der Waals surface area contributed by atoms with Crippen molar-refractivity contribution in [2.24, 2.45) is 5.73 Å². The molecule has 26 heavy (non-hydrogen) atoms. The summed E-state index contributed by atoms with van der Waals surface area (Å²) < 4.78 is 5.73. The Morgan fingerprint density at radius 3 is 2.96 bits per heavy atom. The van der Waals surface area contributed by atoms with Gasteiger partial charge in [0.15, 0.2) is 0 Å². The Kier molecular flexibility index (Phi) is 5.27. The standard InChI is InChI=1S/C21H27N3OS/c1-14-10-16(20-8-7-19(26-20)15-5-6-15)11-24-21(14)18(22)13-23-12-17-4-2-3-9-25-17/h7-8,10-11,13,15,17,23H,2-6,9,12,22H2,1H3/b18-13-. The summed E-state index contributed by atoms with van der Waals surface area (Å²) in [6.07, 6.45) is 10.3. The first-order chi connectivity index (χ1) is 12.7. The molecule has 3 heterocycles. The van der Waals surface area contributed by atoms with Crippen molar-refractivity contribution in [3.63, 3.8) is 0 Å². The largest absolute Gasteiger partial charge is 0.396 e. The molecule has 4 nitrogen and oxygen atoms in total. The summed E-state index contributed by atoms with van der Waals surface area (Å²) in [5, 5.41) is 3.30. The van der Waals surface area contributed by atoms with E-state index in [2.05, 4.69) is 35.4 Å². The molecule has 1 aliphatic heterocycles. The number of pyridine rings is 1. The molecule has 0 amide bonds. The predicted octanol–water partition coefficient (Wildman–Crippen LogP) is 4.41. The minimum Gasteiger partial charge on any atom is -0.396 e. The van der Waals surface area contributed by atoms with Gasteiger partial charge in [-0.1, -0.05) is 0 Å². The van der Waals surface area contributed by atoms with Crippen molar-refractivity contribution in [3.8, 4) is 10.4 Å². The molecule has 0 bridgehead atoms. The molecule has 5 heteroatoms. The van der Waals surface area contributed by atoms with Gasteiger partial charge in [-0.3, -0.25) is 4.98 Å². The number of aryl methyl sites for hydroxylation is 1. The molecule has 0 aromatic carbocycles. The quantitative estimate of drug-likeness (QED) is 0.792. The highest BCUT2D eigenvalue weighted by molar-refractivity contribution is 7.15. The first-order valence-electron chi connectivity index (χ1n) is 9.58. The van der Waals surface area contributed by atoms with Crippen molar-refractivity contribution >= 4 is 17.0 Å². The Hall–Kier alpha value is -1.85. The van der Waals surface area contributed by atoms with Gasteiger partial charge in [0.2, 0.25) is 0 Å². The van der Waals surface area contributed by atoms with E-state index in [9.17, 15) is 0 Å². The number of nitrogens with one attached hydrogen (secondary N) is 1. The molecule has 1 atom stereocenters. The summed E-state index contributed by atoms with van der Waals surface area (Å²) in [6, 6.07) is 6.68. The second-order valence-electron chi connectivity index (χ2n) is 7.36. The number of thiophene rings is 1.